The molecule has 72 valence electrons. The van der Waals surface area contributed by atoms with Crippen molar-refractivity contribution in [2.45, 2.75) is 25.2 Å². The van der Waals surface area contributed by atoms with E-state index in [-0.39, 0.29) is 18.9 Å². The smallest absolute Gasteiger partial charge is 0.325 e. The standard InChI is InChI=1S/C6H14NO4P/c1-12(8,9)10-4-5-2-3-6(7)11-5/h5-6H,2-4,7H2,1H3,(H,8,9). The molecule has 12 heavy (non-hydrogen) atoms. The Bertz CT molecular complexity index is 192. The van der Waals surface area contributed by atoms with Gasteiger partial charge in [-0.1, -0.05) is 0 Å². The first kappa shape index (κ1) is 10.2. The normalized spacial score (nSPS) is 34.9. The van der Waals surface area contributed by atoms with Crippen LogP contribution in [0.25, 0.3) is 0 Å². The van der Waals surface area contributed by atoms with Crippen LogP contribution < -0.4 is 5.73 Å². The average Bonchev–Trinajstić information content (AvgIpc) is 2.30. The van der Waals surface area contributed by atoms with Crippen LogP contribution in [0.15, 0.2) is 0 Å². The number of nitrogens with two attached hydrogens (primary N) is 1. The minimum atomic E-state index is -3.36. The zero-order valence-electron chi connectivity index (χ0n) is 6.97. The van der Waals surface area contributed by atoms with Crippen molar-refractivity contribution in [3.8, 4) is 0 Å². The quantitative estimate of drug-likeness (QED) is 0.632. The molecule has 0 aromatic rings. The molecule has 1 heterocycles. The summed E-state index contributed by atoms with van der Waals surface area (Å²) in [6.45, 7) is 1.31. The zero-order chi connectivity index (χ0) is 9.19. The van der Waals surface area contributed by atoms with E-state index in [9.17, 15) is 4.57 Å². The van der Waals surface area contributed by atoms with Gasteiger partial charge in [0.05, 0.1) is 12.7 Å². The molecule has 0 aromatic heterocycles. The Morgan fingerprint density at radius 2 is 2.42 bits per heavy atom. The third kappa shape index (κ3) is 3.65. The van der Waals surface area contributed by atoms with Crippen LogP contribution >= 0.6 is 7.60 Å². The minimum absolute atomic E-state index is 0.125. The van der Waals surface area contributed by atoms with Gasteiger partial charge in [0.2, 0.25) is 0 Å². The Labute approximate surface area is 71.4 Å². The lowest BCUT2D eigenvalue weighted by Gasteiger charge is -2.12. The van der Waals surface area contributed by atoms with Crippen molar-refractivity contribution >= 4 is 7.60 Å². The average molecular weight is 195 g/mol. The SMILES string of the molecule is CP(=O)(O)OCC1CCC(N)O1. The van der Waals surface area contributed by atoms with E-state index in [1.54, 1.807) is 0 Å². The first-order chi connectivity index (χ1) is 5.47. The van der Waals surface area contributed by atoms with Gasteiger partial charge in [-0.3, -0.25) is 4.57 Å². The summed E-state index contributed by atoms with van der Waals surface area (Å²) in [7, 11) is -3.36. The van der Waals surface area contributed by atoms with Crippen molar-refractivity contribution in [3.63, 3.8) is 0 Å². The fourth-order valence-corrected chi connectivity index (χ4v) is 1.52. The van der Waals surface area contributed by atoms with Gasteiger partial charge in [0.15, 0.2) is 0 Å². The molecule has 1 saturated heterocycles. The van der Waals surface area contributed by atoms with Crippen molar-refractivity contribution in [3.05, 3.63) is 0 Å². The fourth-order valence-electron chi connectivity index (χ4n) is 1.08. The molecule has 5 nitrogen and oxygen atoms in total. The molecular weight excluding hydrogens is 181 g/mol. The predicted molar refractivity (Wildman–Crippen MR) is 43.8 cm³/mol. The Morgan fingerprint density at radius 3 is 2.83 bits per heavy atom. The van der Waals surface area contributed by atoms with Gasteiger partial charge in [0.1, 0.15) is 6.23 Å². The summed E-state index contributed by atoms with van der Waals surface area (Å²) in [6, 6.07) is 0. The lowest BCUT2D eigenvalue weighted by molar-refractivity contribution is 0.0189. The molecule has 1 fully saturated rings. The maximum Gasteiger partial charge on any atom is 0.325 e. The Morgan fingerprint density at radius 1 is 1.75 bits per heavy atom. The summed E-state index contributed by atoms with van der Waals surface area (Å²) >= 11 is 0. The molecule has 0 aliphatic carbocycles. The van der Waals surface area contributed by atoms with Crippen LogP contribution in [0.1, 0.15) is 12.8 Å². The molecule has 6 heteroatoms. The number of hydrogen-bond acceptors (Lipinski definition) is 4. The largest absolute Gasteiger partial charge is 0.358 e. The van der Waals surface area contributed by atoms with Crippen molar-refractivity contribution in [1.29, 1.82) is 0 Å². The fraction of sp³-hybridized carbons (Fsp3) is 1.00. The minimum Gasteiger partial charge on any atom is -0.358 e. The van der Waals surface area contributed by atoms with Crippen molar-refractivity contribution in [2.24, 2.45) is 5.73 Å². The number of rotatable bonds is 3. The number of hydrogen-bond donors (Lipinski definition) is 2. The van der Waals surface area contributed by atoms with Crippen molar-refractivity contribution < 1.29 is 18.7 Å². The van der Waals surface area contributed by atoms with Gasteiger partial charge in [-0.25, -0.2) is 0 Å². The number of ether oxygens (including phenoxy) is 1. The van der Waals surface area contributed by atoms with E-state index >= 15 is 0 Å². The molecule has 3 atom stereocenters. The molecule has 0 saturated carbocycles. The summed E-state index contributed by atoms with van der Waals surface area (Å²) in [6.07, 6.45) is 1.21. The van der Waals surface area contributed by atoms with E-state index in [2.05, 4.69) is 0 Å². The Kier molecular flexibility index (Phi) is 3.26. The topological polar surface area (TPSA) is 81.8 Å². The highest BCUT2D eigenvalue weighted by atomic mass is 31.2. The molecule has 1 rings (SSSR count). The first-order valence-corrected chi connectivity index (χ1v) is 5.86. The van der Waals surface area contributed by atoms with Gasteiger partial charge in [0.25, 0.3) is 0 Å². The molecule has 0 radical (unpaired) electrons. The van der Waals surface area contributed by atoms with Gasteiger partial charge in [-0.05, 0) is 12.8 Å². The monoisotopic (exact) mass is 195 g/mol. The summed E-state index contributed by atoms with van der Waals surface area (Å²) in [5.41, 5.74) is 5.46. The molecule has 0 amide bonds. The molecule has 1 aliphatic rings. The van der Waals surface area contributed by atoms with E-state index in [4.69, 9.17) is 19.9 Å². The van der Waals surface area contributed by atoms with Gasteiger partial charge in [-0.2, -0.15) is 0 Å². The van der Waals surface area contributed by atoms with Crippen molar-refractivity contribution in [1.82, 2.24) is 0 Å². The van der Waals surface area contributed by atoms with E-state index in [1.807, 2.05) is 0 Å². The second kappa shape index (κ2) is 3.85. The maximum atomic E-state index is 10.7. The molecule has 0 aromatic carbocycles. The molecular formula is C6H14NO4P. The molecule has 3 unspecified atom stereocenters. The second-order valence-corrected chi connectivity index (χ2v) is 4.84. The first-order valence-electron chi connectivity index (χ1n) is 3.83. The van der Waals surface area contributed by atoms with Crippen LogP contribution in [0, 0.1) is 0 Å². The third-order valence-electron chi connectivity index (χ3n) is 1.64. The predicted octanol–water partition coefficient (Wildman–Crippen LogP) is 0.282. The summed E-state index contributed by atoms with van der Waals surface area (Å²) < 4.78 is 20.6. The molecule has 0 bridgehead atoms. The summed E-state index contributed by atoms with van der Waals surface area (Å²) in [5, 5.41) is 0. The van der Waals surface area contributed by atoms with Crippen LogP contribution in [-0.4, -0.2) is 30.5 Å². The summed E-state index contributed by atoms with van der Waals surface area (Å²) in [4.78, 5) is 8.79. The van der Waals surface area contributed by atoms with Crippen LogP contribution in [0.3, 0.4) is 0 Å². The highest BCUT2D eigenvalue weighted by Crippen LogP contribution is 2.37. The lowest BCUT2D eigenvalue weighted by Crippen LogP contribution is -2.22. The van der Waals surface area contributed by atoms with E-state index in [0.29, 0.717) is 0 Å². The van der Waals surface area contributed by atoms with Crippen LogP contribution in [0.4, 0.5) is 0 Å². The molecule has 3 N–H and O–H groups in total. The van der Waals surface area contributed by atoms with Gasteiger partial charge >= 0.3 is 7.60 Å². The van der Waals surface area contributed by atoms with E-state index in [0.717, 1.165) is 19.5 Å². The van der Waals surface area contributed by atoms with E-state index in [1.165, 1.54) is 0 Å². The Balaban J connectivity index is 2.21. The third-order valence-corrected chi connectivity index (χ3v) is 2.27. The highest BCUT2D eigenvalue weighted by molar-refractivity contribution is 7.51. The Hall–Kier alpha value is 0.0700. The van der Waals surface area contributed by atoms with Crippen LogP contribution in [0.2, 0.25) is 0 Å². The lowest BCUT2D eigenvalue weighted by atomic mass is 10.2. The second-order valence-electron chi connectivity index (χ2n) is 2.97. The molecule has 1 aliphatic heterocycles. The summed E-state index contributed by atoms with van der Waals surface area (Å²) in [5.74, 6) is 0. The van der Waals surface area contributed by atoms with Gasteiger partial charge in [-0.15, -0.1) is 0 Å². The molecule has 0 spiro atoms. The highest BCUT2D eigenvalue weighted by Gasteiger charge is 2.24. The maximum absolute atomic E-state index is 10.7. The zero-order valence-corrected chi connectivity index (χ0v) is 7.87. The van der Waals surface area contributed by atoms with Crippen molar-refractivity contribution in [2.75, 3.05) is 13.3 Å². The van der Waals surface area contributed by atoms with E-state index < -0.39 is 7.60 Å². The van der Waals surface area contributed by atoms with Crippen LogP contribution in [-0.2, 0) is 13.8 Å². The van der Waals surface area contributed by atoms with Gasteiger partial charge < -0.3 is 19.9 Å². The van der Waals surface area contributed by atoms with Gasteiger partial charge in [0, 0.05) is 6.66 Å². The van der Waals surface area contributed by atoms with Crippen LogP contribution in [0.5, 0.6) is 0 Å².